The molecule has 2 aliphatic rings. The van der Waals surface area contributed by atoms with Crippen LogP contribution in [0, 0.1) is 0 Å². The monoisotopic (exact) mass is 309 g/mol. The van der Waals surface area contributed by atoms with Gasteiger partial charge < -0.3 is 15.2 Å². The molecule has 0 aromatic heterocycles. The van der Waals surface area contributed by atoms with Crippen LogP contribution in [-0.2, 0) is 12.8 Å². The second-order valence-electron chi connectivity index (χ2n) is 6.19. The van der Waals surface area contributed by atoms with Gasteiger partial charge in [-0.25, -0.2) is 0 Å². The number of nitrogens with one attached hydrogen (secondary N) is 1. The molecule has 2 aromatic rings. The summed E-state index contributed by atoms with van der Waals surface area (Å²) in [5.41, 5.74) is 3.90. The molecule has 118 valence electrons. The third-order valence-electron chi connectivity index (χ3n) is 4.73. The van der Waals surface area contributed by atoms with Gasteiger partial charge in [0.2, 0.25) is 0 Å². The van der Waals surface area contributed by atoms with Gasteiger partial charge in [-0.15, -0.1) is 0 Å². The van der Waals surface area contributed by atoms with Crippen molar-refractivity contribution < 1.29 is 14.6 Å². The van der Waals surface area contributed by atoms with Crippen LogP contribution in [0.3, 0.4) is 0 Å². The first-order valence-electron chi connectivity index (χ1n) is 8.05. The average Bonchev–Trinajstić information content (AvgIpc) is 3.04. The van der Waals surface area contributed by atoms with Crippen LogP contribution in [-0.4, -0.2) is 23.7 Å². The average molecular weight is 309 g/mol. The molecule has 2 atom stereocenters. The molecule has 1 heterocycles. The Labute approximate surface area is 135 Å². The van der Waals surface area contributed by atoms with Crippen molar-refractivity contribution in [1.82, 2.24) is 5.32 Å². The number of carbonyl (C=O) groups is 1. The maximum atomic E-state index is 12.3. The molecule has 4 heteroatoms. The van der Waals surface area contributed by atoms with Crippen molar-refractivity contribution in [2.75, 3.05) is 6.61 Å². The molecule has 0 saturated carbocycles. The molecule has 1 aliphatic carbocycles. The third kappa shape index (κ3) is 2.59. The van der Waals surface area contributed by atoms with Crippen LogP contribution >= 0.6 is 0 Å². The molecular weight excluding hydrogens is 290 g/mol. The number of fused-ring (bicyclic) bond motifs is 2. The molecule has 2 aromatic carbocycles. The first-order valence-corrected chi connectivity index (χ1v) is 8.05. The quantitative estimate of drug-likeness (QED) is 0.895. The number of aliphatic hydroxyl groups excluding tert-OH is 1. The lowest BCUT2D eigenvalue weighted by Gasteiger charge is -2.31. The number of benzene rings is 2. The van der Waals surface area contributed by atoms with E-state index < -0.39 is 6.10 Å². The number of hydrogen-bond acceptors (Lipinski definition) is 3. The summed E-state index contributed by atoms with van der Waals surface area (Å²) in [5, 5.41) is 13.6. The first kappa shape index (κ1) is 14.3. The fourth-order valence-electron chi connectivity index (χ4n) is 3.46. The van der Waals surface area contributed by atoms with Gasteiger partial charge in [-0.2, -0.15) is 0 Å². The minimum atomic E-state index is -0.694. The van der Waals surface area contributed by atoms with Crippen molar-refractivity contribution in [2.24, 2.45) is 0 Å². The highest BCUT2D eigenvalue weighted by Gasteiger charge is 2.31. The van der Waals surface area contributed by atoms with Crippen molar-refractivity contribution in [3.05, 3.63) is 64.7 Å². The number of hydrogen-bond donors (Lipinski definition) is 2. The Balaban J connectivity index is 1.55. The highest BCUT2D eigenvalue weighted by atomic mass is 16.5. The van der Waals surface area contributed by atoms with E-state index in [0.29, 0.717) is 12.2 Å². The summed E-state index contributed by atoms with van der Waals surface area (Å²) in [5.74, 6) is 0.730. The van der Waals surface area contributed by atoms with E-state index in [1.807, 2.05) is 24.3 Å². The lowest BCUT2D eigenvalue weighted by atomic mass is 9.84. The van der Waals surface area contributed by atoms with Crippen molar-refractivity contribution in [3.8, 4) is 5.75 Å². The topological polar surface area (TPSA) is 58.6 Å². The summed E-state index contributed by atoms with van der Waals surface area (Å²) in [6.07, 6.45) is 1.85. The van der Waals surface area contributed by atoms with E-state index in [2.05, 4.69) is 11.4 Å². The van der Waals surface area contributed by atoms with Gasteiger partial charge in [0.1, 0.15) is 5.75 Å². The van der Waals surface area contributed by atoms with Crippen molar-refractivity contribution in [1.29, 1.82) is 0 Å². The minimum Gasteiger partial charge on any atom is -0.493 e. The van der Waals surface area contributed by atoms with Crippen LogP contribution in [0.5, 0.6) is 5.75 Å². The zero-order valence-electron chi connectivity index (χ0n) is 12.8. The van der Waals surface area contributed by atoms with Crippen molar-refractivity contribution in [3.63, 3.8) is 0 Å². The standard InChI is InChI=1S/C19H19NO3/c21-18-15-11-17-14(8-9-23-17)10-13(15)6-7-16(18)20-19(22)12-4-2-1-3-5-12/h1-5,10-11,16,18,21H,6-9H2,(H,20,22). The molecular formula is C19H19NO3. The molecule has 4 nitrogen and oxygen atoms in total. The fraction of sp³-hybridized carbons (Fsp3) is 0.316. The van der Waals surface area contributed by atoms with Crippen LogP contribution in [0.1, 0.15) is 39.6 Å². The van der Waals surface area contributed by atoms with Crippen LogP contribution < -0.4 is 10.1 Å². The van der Waals surface area contributed by atoms with Crippen LogP contribution in [0.4, 0.5) is 0 Å². The normalized spacial score (nSPS) is 22.0. The van der Waals surface area contributed by atoms with E-state index >= 15 is 0 Å². The maximum absolute atomic E-state index is 12.3. The van der Waals surface area contributed by atoms with Gasteiger partial charge in [-0.1, -0.05) is 24.3 Å². The molecule has 2 N–H and O–H groups in total. The number of rotatable bonds is 2. The van der Waals surface area contributed by atoms with E-state index in [1.54, 1.807) is 12.1 Å². The van der Waals surface area contributed by atoms with Crippen LogP contribution in [0.2, 0.25) is 0 Å². The molecule has 1 amide bonds. The van der Waals surface area contributed by atoms with Crippen molar-refractivity contribution >= 4 is 5.91 Å². The number of carbonyl (C=O) groups excluding carboxylic acids is 1. The lowest BCUT2D eigenvalue weighted by molar-refractivity contribution is 0.0799. The fourth-order valence-corrected chi connectivity index (χ4v) is 3.46. The number of aryl methyl sites for hydroxylation is 1. The molecule has 23 heavy (non-hydrogen) atoms. The summed E-state index contributed by atoms with van der Waals surface area (Å²) in [7, 11) is 0. The molecule has 4 rings (SSSR count). The first-order chi connectivity index (χ1) is 11.2. The van der Waals surface area contributed by atoms with E-state index in [-0.39, 0.29) is 11.9 Å². The Morgan fingerprint density at radius 3 is 2.78 bits per heavy atom. The highest BCUT2D eigenvalue weighted by Crippen LogP contribution is 2.37. The molecule has 0 bridgehead atoms. The molecule has 0 spiro atoms. The Kier molecular flexibility index (Phi) is 3.54. The van der Waals surface area contributed by atoms with Gasteiger partial charge in [-0.3, -0.25) is 4.79 Å². The van der Waals surface area contributed by atoms with Crippen LogP contribution in [0.25, 0.3) is 0 Å². The van der Waals surface area contributed by atoms with Crippen LogP contribution in [0.15, 0.2) is 42.5 Å². The summed E-state index contributed by atoms with van der Waals surface area (Å²) in [6, 6.07) is 12.9. The molecule has 0 saturated heterocycles. The third-order valence-corrected chi connectivity index (χ3v) is 4.73. The molecule has 1 aliphatic heterocycles. The Morgan fingerprint density at radius 2 is 1.96 bits per heavy atom. The smallest absolute Gasteiger partial charge is 0.251 e. The summed E-state index contributed by atoms with van der Waals surface area (Å²) < 4.78 is 5.60. The Morgan fingerprint density at radius 1 is 1.13 bits per heavy atom. The molecule has 0 radical (unpaired) electrons. The summed E-state index contributed by atoms with van der Waals surface area (Å²) in [4.78, 5) is 12.3. The minimum absolute atomic E-state index is 0.143. The molecule has 0 fully saturated rings. The predicted molar refractivity (Wildman–Crippen MR) is 86.6 cm³/mol. The van der Waals surface area contributed by atoms with E-state index in [0.717, 1.165) is 30.6 Å². The second kappa shape index (κ2) is 5.70. The summed E-state index contributed by atoms with van der Waals surface area (Å²) in [6.45, 7) is 0.711. The number of ether oxygens (including phenoxy) is 1. The highest BCUT2D eigenvalue weighted by molar-refractivity contribution is 5.94. The van der Waals surface area contributed by atoms with Gasteiger partial charge in [0, 0.05) is 12.0 Å². The van der Waals surface area contributed by atoms with E-state index in [4.69, 9.17) is 4.74 Å². The summed E-state index contributed by atoms with van der Waals surface area (Å²) >= 11 is 0. The number of aliphatic hydroxyl groups is 1. The zero-order valence-corrected chi connectivity index (χ0v) is 12.8. The van der Waals surface area contributed by atoms with Crippen molar-refractivity contribution in [2.45, 2.75) is 31.4 Å². The Hall–Kier alpha value is -2.33. The predicted octanol–water partition coefficient (Wildman–Crippen LogP) is 2.40. The van der Waals surface area contributed by atoms with Gasteiger partial charge in [0.25, 0.3) is 5.91 Å². The van der Waals surface area contributed by atoms with Gasteiger partial charge in [0.05, 0.1) is 18.8 Å². The largest absolute Gasteiger partial charge is 0.493 e. The SMILES string of the molecule is O=C(NC1CCc2cc3c(cc2C1O)OCC3)c1ccccc1. The van der Waals surface area contributed by atoms with Gasteiger partial charge in [-0.05, 0) is 47.7 Å². The van der Waals surface area contributed by atoms with E-state index in [1.165, 1.54) is 11.1 Å². The molecule has 2 unspecified atom stereocenters. The zero-order chi connectivity index (χ0) is 15.8. The second-order valence-corrected chi connectivity index (χ2v) is 6.19. The Bertz CT molecular complexity index is 742. The lowest BCUT2D eigenvalue weighted by Crippen LogP contribution is -2.41. The van der Waals surface area contributed by atoms with Gasteiger partial charge >= 0.3 is 0 Å². The number of amides is 1. The van der Waals surface area contributed by atoms with E-state index in [9.17, 15) is 9.90 Å². The van der Waals surface area contributed by atoms with Gasteiger partial charge in [0.15, 0.2) is 0 Å². The maximum Gasteiger partial charge on any atom is 0.251 e.